The molecule has 2 aromatic rings. The van der Waals surface area contributed by atoms with Crippen molar-refractivity contribution in [3.8, 4) is 22.8 Å². The molecule has 0 aliphatic carbocycles. The van der Waals surface area contributed by atoms with Crippen molar-refractivity contribution in [2.45, 2.75) is 12.8 Å². The molecule has 1 aliphatic rings. The minimum atomic E-state index is -0.315. The lowest BCUT2D eigenvalue weighted by Crippen LogP contribution is -2.42. The van der Waals surface area contributed by atoms with E-state index in [4.69, 9.17) is 19.6 Å². The third-order valence-electron chi connectivity index (χ3n) is 4.60. The van der Waals surface area contributed by atoms with Crippen molar-refractivity contribution >= 4 is 11.8 Å². The van der Waals surface area contributed by atoms with Crippen molar-refractivity contribution in [3.05, 3.63) is 30.3 Å². The number of nitrogens with two attached hydrogens (primary N) is 1. The first-order chi connectivity index (χ1) is 12.5. The minimum Gasteiger partial charge on any atom is -0.493 e. The maximum absolute atomic E-state index is 12.8. The normalized spacial score (nSPS) is 14.9. The van der Waals surface area contributed by atoms with Crippen LogP contribution in [0.2, 0.25) is 0 Å². The van der Waals surface area contributed by atoms with Crippen molar-refractivity contribution in [1.82, 2.24) is 9.88 Å². The molecule has 1 aromatic heterocycles. The smallest absolute Gasteiger partial charge is 0.276 e. The lowest BCUT2D eigenvalue weighted by Gasteiger charge is -2.30. The quantitative estimate of drug-likeness (QED) is 0.870. The highest BCUT2D eigenvalue weighted by Crippen LogP contribution is 2.34. The van der Waals surface area contributed by atoms with Gasteiger partial charge in [-0.25, -0.2) is 4.98 Å². The topological polar surface area (TPSA) is 108 Å². The number of piperidine rings is 1. The fraction of sp³-hybridized carbons (Fsp3) is 0.389. The zero-order valence-corrected chi connectivity index (χ0v) is 14.7. The summed E-state index contributed by atoms with van der Waals surface area (Å²) in [6, 6.07) is 5.25. The summed E-state index contributed by atoms with van der Waals surface area (Å²) in [5.41, 5.74) is 6.24. The van der Waals surface area contributed by atoms with Crippen LogP contribution < -0.4 is 15.2 Å². The number of benzene rings is 1. The maximum Gasteiger partial charge on any atom is 0.276 e. The van der Waals surface area contributed by atoms with Crippen LogP contribution in [0.25, 0.3) is 11.3 Å². The average molecular weight is 359 g/mol. The molecule has 0 radical (unpaired) electrons. The number of methoxy groups -OCH3 is 2. The molecule has 0 atom stereocenters. The number of carbonyl (C=O) groups is 2. The Morgan fingerprint density at radius 1 is 1.19 bits per heavy atom. The van der Waals surface area contributed by atoms with Crippen LogP contribution in [0.1, 0.15) is 23.3 Å². The first-order valence-electron chi connectivity index (χ1n) is 8.29. The Morgan fingerprint density at radius 2 is 1.88 bits per heavy atom. The van der Waals surface area contributed by atoms with E-state index in [2.05, 4.69) is 4.98 Å². The molecule has 2 amide bonds. The van der Waals surface area contributed by atoms with Crippen molar-refractivity contribution in [1.29, 1.82) is 0 Å². The molecule has 1 aromatic carbocycles. The van der Waals surface area contributed by atoms with Crippen LogP contribution >= 0.6 is 0 Å². The average Bonchev–Trinajstić information content (AvgIpc) is 3.16. The molecule has 2 N–H and O–H groups in total. The van der Waals surface area contributed by atoms with Gasteiger partial charge in [-0.3, -0.25) is 9.59 Å². The molecule has 0 saturated carbocycles. The lowest BCUT2D eigenvalue weighted by atomic mass is 9.96. The van der Waals surface area contributed by atoms with E-state index < -0.39 is 0 Å². The number of oxazole rings is 1. The summed E-state index contributed by atoms with van der Waals surface area (Å²) in [7, 11) is 3.09. The predicted octanol–water partition coefficient (Wildman–Crippen LogP) is 1.70. The minimum absolute atomic E-state index is 0.179. The third-order valence-corrected chi connectivity index (χ3v) is 4.60. The largest absolute Gasteiger partial charge is 0.493 e. The van der Waals surface area contributed by atoms with Gasteiger partial charge in [0, 0.05) is 24.6 Å². The lowest BCUT2D eigenvalue weighted by molar-refractivity contribution is -0.123. The molecular formula is C18H21N3O5. The summed E-state index contributed by atoms with van der Waals surface area (Å²) in [5, 5.41) is 0. The Kier molecular flexibility index (Phi) is 5.11. The van der Waals surface area contributed by atoms with E-state index in [9.17, 15) is 9.59 Å². The third kappa shape index (κ3) is 3.35. The molecule has 0 bridgehead atoms. The molecule has 0 unspecified atom stereocenters. The van der Waals surface area contributed by atoms with E-state index in [1.165, 1.54) is 13.5 Å². The van der Waals surface area contributed by atoms with Gasteiger partial charge in [0.1, 0.15) is 0 Å². The number of likely N-dealkylation sites (tertiary alicyclic amines) is 1. The van der Waals surface area contributed by atoms with E-state index in [0.29, 0.717) is 48.8 Å². The standard InChI is InChI=1S/C18H21N3O5/c1-24-13-4-3-12(9-14(13)25-2)16-15(20-10-26-16)18(23)21-7-5-11(6-8-21)17(19)22/h3-4,9-11H,5-8H2,1-2H3,(H2,19,22). The van der Waals surface area contributed by atoms with Gasteiger partial charge in [0.05, 0.1) is 14.2 Å². The van der Waals surface area contributed by atoms with Crippen LogP contribution in [0.15, 0.2) is 29.0 Å². The molecule has 8 heteroatoms. The van der Waals surface area contributed by atoms with Gasteiger partial charge >= 0.3 is 0 Å². The van der Waals surface area contributed by atoms with Gasteiger partial charge in [0.15, 0.2) is 29.3 Å². The molecule has 1 aliphatic heterocycles. The first-order valence-corrected chi connectivity index (χ1v) is 8.29. The Labute approximate surface area is 150 Å². The zero-order chi connectivity index (χ0) is 18.7. The summed E-state index contributed by atoms with van der Waals surface area (Å²) >= 11 is 0. The van der Waals surface area contributed by atoms with E-state index in [-0.39, 0.29) is 23.4 Å². The van der Waals surface area contributed by atoms with Crippen molar-refractivity contribution in [2.75, 3.05) is 27.3 Å². The van der Waals surface area contributed by atoms with E-state index >= 15 is 0 Å². The summed E-state index contributed by atoms with van der Waals surface area (Å²) in [6.45, 7) is 0.926. The van der Waals surface area contributed by atoms with Gasteiger partial charge in [0.2, 0.25) is 5.91 Å². The Bertz CT molecular complexity index is 809. The molecule has 26 heavy (non-hydrogen) atoms. The molecular weight excluding hydrogens is 338 g/mol. The highest BCUT2D eigenvalue weighted by atomic mass is 16.5. The molecule has 0 spiro atoms. The summed E-state index contributed by atoms with van der Waals surface area (Å²) in [5.74, 6) is 0.755. The number of nitrogens with zero attached hydrogens (tertiary/aromatic N) is 2. The Balaban J connectivity index is 1.83. The number of hydrogen-bond acceptors (Lipinski definition) is 6. The van der Waals surface area contributed by atoms with Crippen LogP contribution in [0.4, 0.5) is 0 Å². The predicted molar refractivity (Wildman–Crippen MR) is 92.9 cm³/mol. The number of carbonyl (C=O) groups excluding carboxylic acids is 2. The van der Waals surface area contributed by atoms with Gasteiger partial charge in [-0.2, -0.15) is 0 Å². The highest BCUT2D eigenvalue weighted by molar-refractivity contribution is 5.98. The summed E-state index contributed by atoms with van der Waals surface area (Å²) < 4.78 is 16.0. The molecule has 1 fully saturated rings. The molecule has 138 valence electrons. The molecule has 8 nitrogen and oxygen atoms in total. The van der Waals surface area contributed by atoms with Crippen molar-refractivity contribution in [3.63, 3.8) is 0 Å². The SMILES string of the molecule is COc1ccc(-c2ocnc2C(=O)N2CCC(C(N)=O)CC2)cc1OC. The Morgan fingerprint density at radius 3 is 2.50 bits per heavy atom. The fourth-order valence-corrected chi connectivity index (χ4v) is 3.10. The van der Waals surface area contributed by atoms with Gasteiger partial charge in [-0.1, -0.05) is 0 Å². The van der Waals surface area contributed by atoms with Crippen LogP contribution in [-0.4, -0.2) is 49.0 Å². The Hall–Kier alpha value is -3.03. The van der Waals surface area contributed by atoms with Crippen LogP contribution in [0, 0.1) is 5.92 Å². The van der Waals surface area contributed by atoms with Crippen LogP contribution in [0.3, 0.4) is 0 Å². The van der Waals surface area contributed by atoms with E-state index in [1.54, 1.807) is 30.2 Å². The van der Waals surface area contributed by atoms with Crippen LogP contribution in [-0.2, 0) is 4.79 Å². The molecule has 1 saturated heterocycles. The van der Waals surface area contributed by atoms with Crippen molar-refractivity contribution < 1.29 is 23.5 Å². The van der Waals surface area contributed by atoms with Crippen LogP contribution in [0.5, 0.6) is 11.5 Å². The van der Waals surface area contributed by atoms with Crippen molar-refractivity contribution in [2.24, 2.45) is 11.7 Å². The van der Waals surface area contributed by atoms with Gasteiger partial charge in [-0.15, -0.1) is 0 Å². The second-order valence-corrected chi connectivity index (χ2v) is 6.07. The molecule has 3 rings (SSSR count). The monoisotopic (exact) mass is 359 g/mol. The number of primary amides is 1. The number of rotatable bonds is 5. The second kappa shape index (κ2) is 7.47. The maximum atomic E-state index is 12.8. The summed E-state index contributed by atoms with van der Waals surface area (Å²) in [4.78, 5) is 29.9. The number of aromatic nitrogens is 1. The number of ether oxygens (including phenoxy) is 2. The number of amides is 2. The molecule has 2 heterocycles. The van der Waals surface area contributed by atoms with E-state index in [0.717, 1.165) is 0 Å². The zero-order valence-electron chi connectivity index (χ0n) is 14.7. The second-order valence-electron chi connectivity index (χ2n) is 6.07. The van der Waals surface area contributed by atoms with Gasteiger partial charge < -0.3 is 24.5 Å². The van der Waals surface area contributed by atoms with Gasteiger partial charge in [-0.05, 0) is 31.0 Å². The fourth-order valence-electron chi connectivity index (χ4n) is 3.10. The van der Waals surface area contributed by atoms with E-state index in [1.807, 2.05) is 0 Å². The van der Waals surface area contributed by atoms with Gasteiger partial charge in [0.25, 0.3) is 5.91 Å². The summed E-state index contributed by atoms with van der Waals surface area (Å²) in [6.07, 6.45) is 2.37. The first kappa shape index (κ1) is 17.8. The highest BCUT2D eigenvalue weighted by Gasteiger charge is 2.29. The number of hydrogen-bond donors (Lipinski definition) is 1.